The summed E-state index contributed by atoms with van der Waals surface area (Å²) in [6.07, 6.45) is 0. The van der Waals surface area contributed by atoms with Gasteiger partial charge in [0, 0.05) is 18.5 Å². The number of nitrogens with one attached hydrogen (secondary N) is 1. The van der Waals surface area contributed by atoms with Crippen molar-refractivity contribution in [2.24, 2.45) is 11.1 Å². The van der Waals surface area contributed by atoms with E-state index in [1.807, 2.05) is 0 Å². The molecule has 0 bridgehead atoms. The monoisotopic (exact) mass is 192 g/mol. The lowest BCUT2D eigenvalue weighted by Gasteiger charge is -2.33. The van der Waals surface area contributed by atoms with Crippen molar-refractivity contribution >= 4 is 8.53 Å². The third-order valence-electron chi connectivity index (χ3n) is 1.53. The highest BCUT2D eigenvalue weighted by Gasteiger charge is 2.28. The van der Waals surface area contributed by atoms with Crippen LogP contribution in [-0.4, -0.2) is 26.3 Å². The molecule has 4 nitrogen and oxygen atoms in total. The van der Waals surface area contributed by atoms with Crippen LogP contribution in [0, 0.1) is 5.41 Å². The molecule has 72 valence electrons. The molecule has 12 heavy (non-hydrogen) atoms. The summed E-state index contributed by atoms with van der Waals surface area (Å²) in [5.74, 6) is 0. The van der Waals surface area contributed by atoms with Gasteiger partial charge in [-0.1, -0.05) is 13.8 Å². The fourth-order valence-corrected chi connectivity index (χ4v) is 2.30. The first-order valence-electron chi connectivity index (χ1n) is 4.14. The molecule has 0 spiro atoms. The third kappa shape index (κ3) is 3.33. The van der Waals surface area contributed by atoms with E-state index >= 15 is 0 Å². The van der Waals surface area contributed by atoms with Crippen molar-refractivity contribution in [1.82, 2.24) is 5.09 Å². The van der Waals surface area contributed by atoms with E-state index < -0.39 is 8.53 Å². The normalized spacial score (nSPS) is 24.2. The number of hydrogen-bond donors (Lipinski definition) is 2. The van der Waals surface area contributed by atoms with Crippen LogP contribution in [0.1, 0.15) is 13.8 Å². The van der Waals surface area contributed by atoms with Crippen molar-refractivity contribution in [3.8, 4) is 0 Å². The Balaban J connectivity index is 2.18. The second-order valence-electron chi connectivity index (χ2n) is 3.66. The fourth-order valence-electron chi connectivity index (χ4n) is 0.793. The Morgan fingerprint density at radius 3 is 2.50 bits per heavy atom. The van der Waals surface area contributed by atoms with E-state index in [1.54, 1.807) is 0 Å². The molecule has 0 unspecified atom stereocenters. The number of rotatable bonds is 3. The Kier molecular flexibility index (Phi) is 3.87. The van der Waals surface area contributed by atoms with Gasteiger partial charge in [-0.15, -0.1) is 0 Å². The summed E-state index contributed by atoms with van der Waals surface area (Å²) >= 11 is 0. The van der Waals surface area contributed by atoms with Crippen molar-refractivity contribution < 1.29 is 9.05 Å². The average molecular weight is 192 g/mol. The fraction of sp³-hybridized carbons (Fsp3) is 1.00. The largest absolute Gasteiger partial charge is 0.329 e. The van der Waals surface area contributed by atoms with E-state index in [1.165, 1.54) is 0 Å². The summed E-state index contributed by atoms with van der Waals surface area (Å²) in [7, 11) is -0.866. The molecular formula is C7H17N2O2P. The van der Waals surface area contributed by atoms with Crippen LogP contribution in [0.2, 0.25) is 0 Å². The third-order valence-corrected chi connectivity index (χ3v) is 2.74. The van der Waals surface area contributed by atoms with Gasteiger partial charge in [0.1, 0.15) is 0 Å². The minimum absolute atomic E-state index is 0.156. The molecule has 5 heteroatoms. The van der Waals surface area contributed by atoms with Gasteiger partial charge in [-0.05, 0) is 0 Å². The van der Waals surface area contributed by atoms with Crippen LogP contribution in [0.3, 0.4) is 0 Å². The molecule has 0 aromatic heterocycles. The zero-order valence-corrected chi connectivity index (χ0v) is 8.56. The molecule has 1 rings (SSSR count). The summed E-state index contributed by atoms with van der Waals surface area (Å²) < 4.78 is 10.9. The maximum Gasteiger partial charge on any atom is 0.255 e. The Bertz CT molecular complexity index is 133. The molecule has 0 radical (unpaired) electrons. The highest BCUT2D eigenvalue weighted by atomic mass is 31.2. The Morgan fingerprint density at radius 2 is 2.00 bits per heavy atom. The Morgan fingerprint density at radius 1 is 1.42 bits per heavy atom. The lowest BCUT2D eigenvalue weighted by molar-refractivity contribution is 0.0584. The van der Waals surface area contributed by atoms with Crippen LogP contribution < -0.4 is 10.8 Å². The first kappa shape index (κ1) is 10.4. The summed E-state index contributed by atoms with van der Waals surface area (Å²) in [5, 5.41) is 3.10. The van der Waals surface area contributed by atoms with Gasteiger partial charge in [-0.3, -0.25) is 0 Å². The van der Waals surface area contributed by atoms with E-state index in [2.05, 4.69) is 18.9 Å². The van der Waals surface area contributed by atoms with Crippen LogP contribution in [0.5, 0.6) is 0 Å². The van der Waals surface area contributed by atoms with Crippen LogP contribution in [-0.2, 0) is 9.05 Å². The van der Waals surface area contributed by atoms with Crippen LogP contribution in [0.15, 0.2) is 0 Å². The average Bonchev–Trinajstić information content (AvgIpc) is 2.03. The van der Waals surface area contributed by atoms with Crippen LogP contribution >= 0.6 is 8.53 Å². The lowest BCUT2D eigenvalue weighted by atomic mass is 9.97. The molecule has 1 saturated heterocycles. The Labute approximate surface area is 74.8 Å². The topological polar surface area (TPSA) is 56.5 Å². The summed E-state index contributed by atoms with van der Waals surface area (Å²) in [6.45, 7) is 7.15. The van der Waals surface area contributed by atoms with Gasteiger partial charge in [-0.2, -0.15) is 0 Å². The minimum Gasteiger partial charge on any atom is -0.329 e. The quantitative estimate of drug-likeness (QED) is 0.650. The van der Waals surface area contributed by atoms with E-state index in [4.69, 9.17) is 14.8 Å². The van der Waals surface area contributed by atoms with Gasteiger partial charge < -0.3 is 14.8 Å². The van der Waals surface area contributed by atoms with Gasteiger partial charge in [0.2, 0.25) is 0 Å². The van der Waals surface area contributed by atoms with Crippen molar-refractivity contribution in [2.45, 2.75) is 13.8 Å². The molecule has 0 aromatic rings. The molecule has 1 aliphatic heterocycles. The van der Waals surface area contributed by atoms with Crippen molar-refractivity contribution in [2.75, 3.05) is 26.3 Å². The maximum absolute atomic E-state index is 5.47. The second-order valence-corrected chi connectivity index (χ2v) is 5.01. The van der Waals surface area contributed by atoms with Crippen molar-refractivity contribution in [1.29, 1.82) is 0 Å². The molecule has 0 aromatic carbocycles. The van der Waals surface area contributed by atoms with Crippen LogP contribution in [0.25, 0.3) is 0 Å². The molecule has 0 amide bonds. The lowest BCUT2D eigenvalue weighted by Crippen LogP contribution is -2.32. The van der Waals surface area contributed by atoms with Gasteiger partial charge >= 0.3 is 0 Å². The van der Waals surface area contributed by atoms with Crippen LogP contribution in [0.4, 0.5) is 0 Å². The van der Waals surface area contributed by atoms with Gasteiger partial charge in [-0.25, -0.2) is 5.09 Å². The van der Waals surface area contributed by atoms with Gasteiger partial charge in [0.05, 0.1) is 13.2 Å². The molecule has 0 aliphatic carbocycles. The molecule has 1 heterocycles. The Hall–Kier alpha value is 0.270. The first-order chi connectivity index (χ1) is 5.64. The van der Waals surface area contributed by atoms with E-state index in [9.17, 15) is 0 Å². The van der Waals surface area contributed by atoms with Gasteiger partial charge in [0.15, 0.2) is 0 Å². The minimum atomic E-state index is -0.866. The van der Waals surface area contributed by atoms with Crippen molar-refractivity contribution in [3.05, 3.63) is 0 Å². The number of hydrogen-bond acceptors (Lipinski definition) is 4. The SMILES string of the molecule is CC1(C)COP(NCCN)OC1. The molecule has 1 aliphatic rings. The zero-order chi connectivity index (χ0) is 9.03. The molecule has 3 N–H and O–H groups in total. The molecular weight excluding hydrogens is 175 g/mol. The number of nitrogens with two attached hydrogens (primary N) is 1. The van der Waals surface area contributed by atoms with Gasteiger partial charge in [0.25, 0.3) is 8.53 Å². The maximum atomic E-state index is 5.47. The van der Waals surface area contributed by atoms with E-state index in [0.717, 1.165) is 19.8 Å². The highest BCUT2D eigenvalue weighted by Crippen LogP contribution is 2.41. The zero-order valence-electron chi connectivity index (χ0n) is 7.67. The predicted octanol–water partition coefficient (Wildman–Crippen LogP) is 0.835. The molecule has 0 saturated carbocycles. The van der Waals surface area contributed by atoms with E-state index in [-0.39, 0.29) is 5.41 Å². The molecule has 1 fully saturated rings. The van der Waals surface area contributed by atoms with Crippen molar-refractivity contribution in [3.63, 3.8) is 0 Å². The predicted molar refractivity (Wildman–Crippen MR) is 49.7 cm³/mol. The standard InChI is InChI=1S/C7H17N2O2P/c1-7(2)5-10-12(11-6-7)9-4-3-8/h9H,3-6,8H2,1-2H3. The smallest absolute Gasteiger partial charge is 0.255 e. The molecule has 0 atom stereocenters. The second kappa shape index (κ2) is 4.49. The summed E-state index contributed by atoms with van der Waals surface area (Å²) in [6, 6.07) is 0. The summed E-state index contributed by atoms with van der Waals surface area (Å²) in [5.41, 5.74) is 5.49. The summed E-state index contributed by atoms with van der Waals surface area (Å²) in [4.78, 5) is 0. The van der Waals surface area contributed by atoms with E-state index in [0.29, 0.717) is 6.54 Å². The first-order valence-corrected chi connectivity index (χ1v) is 5.31. The highest BCUT2D eigenvalue weighted by molar-refractivity contribution is 7.45.